The van der Waals surface area contributed by atoms with Crippen molar-refractivity contribution in [3.05, 3.63) is 23.2 Å². The molecule has 0 spiro atoms. The topological polar surface area (TPSA) is 42.0 Å². The number of rotatable bonds is 2. The van der Waals surface area contributed by atoms with Gasteiger partial charge in [0, 0.05) is 10.9 Å². The van der Waals surface area contributed by atoms with Crippen LogP contribution in [0.3, 0.4) is 0 Å². The van der Waals surface area contributed by atoms with Crippen molar-refractivity contribution in [2.45, 2.75) is 13.8 Å². The van der Waals surface area contributed by atoms with Crippen molar-refractivity contribution in [1.82, 2.24) is 4.98 Å². The van der Waals surface area contributed by atoms with E-state index in [0.717, 1.165) is 10.2 Å². The van der Waals surface area contributed by atoms with Gasteiger partial charge in [0.15, 0.2) is 5.13 Å². The van der Waals surface area contributed by atoms with E-state index in [1.807, 2.05) is 26.0 Å². The Bertz CT molecular complexity index is 536. The lowest BCUT2D eigenvalue weighted by Crippen LogP contribution is -2.17. The van der Waals surface area contributed by atoms with Crippen LogP contribution in [0.2, 0.25) is 5.02 Å². The molecule has 1 heterocycles. The van der Waals surface area contributed by atoms with E-state index in [2.05, 4.69) is 10.3 Å². The van der Waals surface area contributed by atoms with Gasteiger partial charge < -0.3 is 5.32 Å². The summed E-state index contributed by atoms with van der Waals surface area (Å²) >= 11 is 7.31. The molecule has 5 heteroatoms. The molecule has 0 fully saturated rings. The predicted octanol–water partition coefficient (Wildman–Crippen LogP) is 3.54. The second-order valence-corrected chi connectivity index (χ2v) is 5.24. The standard InChI is InChI=1S/C11H11ClN2OS/c1-6(2)10(15)14-11-13-8-4-3-7(12)5-9(8)16-11/h3-6H,1-2H3,(H,13,14,15). The number of nitrogens with one attached hydrogen (secondary N) is 1. The van der Waals surface area contributed by atoms with E-state index < -0.39 is 0 Å². The molecule has 84 valence electrons. The molecule has 2 aromatic rings. The first kappa shape index (κ1) is 11.4. The first-order valence-corrected chi connectivity index (χ1v) is 6.12. The average Bonchev–Trinajstić information content (AvgIpc) is 2.58. The lowest BCUT2D eigenvalue weighted by molar-refractivity contribution is -0.118. The number of thiazole rings is 1. The summed E-state index contributed by atoms with van der Waals surface area (Å²) in [6.07, 6.45) is 0. The Balaban J connectivity index is 2.29. The van der Waals surface area contributed by atoms with Crippen LogP contribution in [0.25, 0.3) is 10.2 Å². The summed E-state index contributed by atoms with van der Waals surface area (Å²) in [6, 6.07) is 5.48. The molecule has 1 N–H and O–H groups in total. The number of carbonyl (C=O) groups is 1. The van der Waals surface area contributed by atoms with Gasteiger partial charge in [-0.25, -0.2) is 4.98 Å². The van der Waals surface area contributed by atoms with Crippen LogP contribution in [-0.2, 0) is 4.79 Å². The maximum Gasteiger partial charge on any atom is 0.228 e. The molecule has 0 radical (unpaired) electrons. The second kappa shape index (κ2) is 4.39. The Hall–Kier alpha value is -1.13. The van der Waals surface area contributed by atoms with Crippen LogP contribution in [0, 0.1) is 5.92 Å². The van der Waals surface area contributed by atoms with Crippen LogP contribution in [0.15, 0.2) is 18.2 Å². The number of amides is 1. The molecule has 1 aromatic carbocycles. The summed E-state index contributed by atoms with van der Waals surface area (Å²) in [5.41, 5.74) is 0.855. The van der Waals surface area contributed by atoms with Crippen LogP contribution in [0.4, 0.5) is 5.13 Å². The molecule has 2 rings (SSSR count). The van der Waals surface area contributed by atoms with Crippen LogP contribution >= 0.6 is 22.9 Å². The maximum absolute atomic E-state index is 11.5. The summed E-state index contributed by atoms with van der Waals surface area (Å²) < 4.78 is 0.978. The molecule has 16 heavy (non-hydrogen) atoms. The molecule has 3 nitrogen and oxygen atoms in total. The highest BCUT2D eigenvalue weighted by atomic mass is 35.5. The highest BCUT2D eigenvalue weighted by molar-refractivity contribution is 7.22. The van der Waals surface area contributed by atoms with Gasteiger partial charge in [-0.3, -0.25) is 4.79 Å². The van der Waals surface area contributed by atoms with Crippen molar-refractivity contribution in [2.75, 3.05) is 5.32 Å². The third-order valence-electron chi connectivity index (χ3n) is 2.10. The van der Waals surface area contributed by atoms with Crippen LogP contribution in [-0.4, -0.2) is 10.9 Å². The van der Waals surface area contributed by atoms with Gasteiger partial charge in [-0.1, -0.05) is 36.8 Å². The maximum atomic E-state index is 11.5. The van der Waals surface area contributed by atoms with E-state index in [9.17, 15) is 4.79 Å². The summed E-state index contributed by atoms with van der Waals surface area (Å²) in [5.74, 6) is -0.0687. The van der Waals surface area contributed by atoms with Crippen LogP contribution < -0.4 is 5.32 Å². The van der Waals surface area contributed by atoms with E-state index in [-0.39, 0.29) is 11.8 Å². The lowest BCUT2D eigenvalue weighted by atomic mass is 10.2. The number of aromatic nitrogens is 1. The molecule has 0 saturated carbocycles. The minimum atomic E-state index is -0.0457. The number of anilines is 1. The smallest absolute Gasteiger partial charge is 0.228 e. The highest BCUT2D eigenvalue weighted by Gasteiger charge is 2.10. The summed E-state index contributed by atoms with van der Waals surface area (Å²) in [4.78, 5) is 15.8. The fourth-order valence-electron chi connectivity index (χ4n) is 1.20. The zero-order chi connectivity index (χ0) is 11.7. The van der Waals surface area contributed by atoms with Crippen molar-refractivity contribution in [3.63, 3.8) is 0 Å². The van der Waals surface area contributed by atoms with E-state index in [1.54, 1.807) is 6.07 Å². The zero-order valence-electron chi connectivity index (χ0n) is 8.95. The fourth-order valence-corrected chi connectivity index (χ4v) is 2.35. The minimum Gasteiger partial charge on any atom is -0.302 e. The lowest BCUT2D eigenvalue weighted by Gasteiger charge is -2.02. The second-order valence-electron chi connectivity index (χ2n) is 3.78. The van der Waals surface area contributed by atoms with E-state index in [0.29, 0.717) is 10.2 Å². The van der Waals surface area contributed by atoms with Crippen LogP contribution in [0.5, 0.6) is 0 Å². The van der Waals surface area contributed by atoms with Gasteiger partial charge in [-0.15, -0.1) is 0 Å². The average molecular weight is 255 g/mol. The van der Waals surface area contributed by atoms with E-state index >= 15 is 0 Å². The van der Waals surface area contributed by atoms with Crippen molar-refractivity contribution < 1.29 is 4.79 Å². The van der Waals surface area contributed by atoms with Crippen molar-refractivity contribution >= 4 is 44.2 Å². The first-order chi connectivity index (χ1) is 7.56. The Morgan fingerprint density at radius 2 is 2.25 bits per heavy atom. The summed E-state index contributed by atoms with van der Waals surface area (Å²) in [6.45, 7) is 3.69. The number of hydrogen-bond acceptors (Lipinski definition) is 3. The number of benzene rings is 1. The quantitative estimate of drug-likeness (QED) is 0.891. The first-order valence-electron chi connectivity index (χ1n) is 4.93. The van der Waals surface area contributed by atoms with Crippen molar-refractivity contribution in [3.8, 4) is 0 Å². The number of nitrogens with zero attached hydrogens (tertiary/aromatic N) is 1. The van der Waals surface area contributed by atoms with Gasteiger partial charge in [0.25, 0.3) is 0 Å². The molecular formula is C11H11ClN2OS. The molecule has 0 unspecified atom stereocenters. The molecule has 0 atom stereocenters. The fraction of sp³-hybridized carbons (Fsp3) is 0.273. The summed E-state index contributed by atoms with van der Waals surface area (Å²) in [5, 5.41) is 4.08. The Labute approximate surface area is 102 Å². The van der Waals surface area contributed by atoms with Gasteiger partial charge in [0.1, 0.15) is 0 Å². The molecule has 0 aliphatic rings. The molecular weight excluding hydrogens is 244 g/mol. The normalized spacial score (nSPS) is 11.0. The van der Waals surface area contributed by atoms with Gasteiger partial charge in [0.05, 0.1) is 10.2 Å². The van der Waals surface area contributed by atoms with Gasteiger partial charge in [-0.05, 0) is 18.2 Å². The molecule has 1 amide bonds. The highest BCUT2D eigenvalue weighted by Crippen LogP contribution is 2.28. The third kappa shape index (κ3) is 2.33. The van der Waals surface area contributed by atoms with Gasteiger partial charge >= 0.3 is 0 Å². The largest absolute Gasteiger partial charge is 0.302 e. The molecule has 0 aliphatic carbocycles. The predicted molar refractivity (Wildman–Crippen MR) is 68.1 cm³/mol. The molecule has 0 bridgehead atoms. The number of fused-ring (bicyclic) bond motifs is 1. The molecule has 0 aliphatic heterocycles. The van der Waals surface area contributed by atoms with E-state index in [1.165, 1.54) is 11.3 Å². The zero-order valence-corrected chi connectivity index (χ0v) is 10.5. The van der Waals surface area contributed by atoms with Gasteiger partial charge in [-0.2, -0.15) is 0 Å². The minimum absolute atomic E-state index is 0.0230. The molecule has 1 aromatic heterocycles. The SMILES string of the molecule is CC(C)C(=O)Nc1nc2ccc(Cl)cc2s1. The Morgan fingerprint density at radius 3 is 2.94 bits per heavy atom. The van der Waals surface area contributed by atoms with Crippen molar-refractivity contribution in [1.29, 1.82) is 0 Å². The summed E-state index contributed by atoms with van der Waals surface area (Å²) in [7, 11) is 0. The van der Waals surface area contributed by atoms with Crippen molar-refractivity contribution in [2.24, 2.45) is 5.92 Å². The molecule has 0 saturated heterocycles. The van der Waals surface area contributed by atoms with E-state index in [4.69, 9.17) is 11.6 Å². The monoisotopic (exact) mass is 254 g/mol. The van der Waals surface area contributed by atoms with Gasteiger partial charge in [0.2, 0.25) is 5.91 Å². The number of hydrogen-bond donors (Lipinski definition) is 1. The number of halogens is 1. The Kier molecular flexibility index (Phi) is 3.12. The number of carbonyl (C=O) groups excluding carboxylic acids is 1. The Morgan fingerprint density at radius 1 is 1.50 bits per heavy atom. The van der Waals surface area contributed by atoms with Crippen LogP contribution in [0.1, 0.15) is 13.8 Å². The third-order valence-corrected chi connectivity index (χ3v) is 3.27.